The van der Waals surface area contributed by atoms with Crippen LogP contribution in [-0.4, -0.2) is 41.6 Å². The van der Waals surface area contributed by atoms with Gasteiger partial charge < -0.3 is 10.5 Å². The molecule has 0 radical (unpaired) electrons. The number of ether oxygens (including phenoxy) is 1. The second-order valence-electron chi connectivity index (χ2n) is 8.04. The van der Waals surface area contributed by atoms with Gasteiger partial charge in [-0.2, -0.15) is 5.10 Å². The summed E-state index contributed by atoms with van der Waals surface area (Å²) in [5.41, 5.74) is 8.42. The number of amides is 1. The van der Waals surface area contributed by atoms with Crippen LogP contribution in [0.15, 0.2) is 93.0 Å². The van der Waals surface area contributed by atoms with E-state index in [-0.39, 0.29) is 27.9 Å². The molecule has 1 aliphatic heterocycles. The Kier molecular flexibility index (Phi) is 10.8. The van der Waals surface area contributed by atoms with E-state index in [2.05, 4.69) is 25.1 Å². The second kappa shape index (κ2) is 14.5. The molecule has 1 aliphatic rings. The number of nitrogens with two attached hydrogens (primary N) is 1. The number of anilines is 1. The van der Waals surface area contributed by atoms with Gasteiger partial charge in [-0.25, -0.2) is 14.4 Å². The molecule has 0 saturated carbocycles. The molecule has 40 heavy (non-hydrogen) atoms. The number of carbonyl (C=O) groups is 1. The SMILES string of the molecule is CC(F)Oc1ccccc1N1C(=O)CCS/C1=N\N=C\c1ccc(C(N)=NC=Nc2ccc(OF)cc2)cc1.F. The summed E-state index contributed by atoms with van der Waals surface area (Å²) in [5.74, 6) is 0.948. The first-order chi connectivity index (χ1) is 18.9. The molecule has 9 nitrogen and oxygen atoms in total. The number of nitrogens with zero attached hydrogens (tertiary/aromatic N) is 5. The van der Waals surface area contributed by atoms with Crippen molar-refractivity contribution in [3.05, 3.63) is 83.9 Å². The van der Waals surface area contributed by atoms with Gasteiger partial charge in [0.05, 0.1) is 17.6 Å². The Morgan fingerprint density at radius 3 is 2.52 bits per heavy atom. The van der Waals surface area contributed by atoms with E-state index in [0.717, 1.165) is 5.56 Å². The molecule has 0 aliphatic carbocycles. The van der Waals surface area contributed by atoms with E-state index in [1.54, 1.807) is 66.9 Å². The lowest BCUT2D eigenvalue weighted by molar-refractivity contribution is -0.117. The number of hydrogen-bond acceptors (Lipinski definition) is 7. The Hall–Kier alpha value is -4.65. The Morgan fingerprint density at radius 1 is 1.10 bits per heavy atom. The fourth-order valence-corrected chi connectivity index (χ4v) is 4.33. The third-order valence-electron chi connectivity index (χ3n) is 5.27. The normalized spacial score (nSPS) is 15.9. The molecule has 1 unspecified atom stereocenters. The Labute approximate surface area is 232 Å². The van der Waals surface area contributed by atoms with E-state index in [9.17, 15) is 13.7 Å². The summed E-state index contributed by atoms with van der Waals surface area (Å²) in [5, 5.41) is 8.77. The van der Waals surface area contributed by atoms with Gasteiger partial charge >= 0.3 is 0 Å². The van der Waals surface area contributed by atoms with E-state index in [0.29, 0.717) is 34.3 Å². The zero-order valence-corrected chi connectivity index (χ0v) is 22.0. The number of rotatable bonds is 9. The van der Waals surface area contributed by atoms with Crippen molar-refractivity contribution in [2.75, 3.05) is 10.7 Å². The van der Waals surface area contributed by atoms with Crippen LogP contribution in [0.4, 0.5) is 25.0 Å². The fraction of sp³-hybridized carbons (Fsp3) is 0.148. The fourth-order valence-electron chi connectivity index (χ4n) is 3.44. The second-order valence-corrected chi connectivity index (χ2v) is 9.10. The maximum atomic E-state index is 13.5. The highest BCUT2D eigenvalue weighted by molar-refractivity contribution is 8.14. The standard InChI is InChI=1S/C27H24F2N6O3S.FH/c1-18(28)37-24-5-3-2-4-23(24)35-25(36)14-15-39-27(35)34-33-16-19-6-8-20(9-7-19)26(30)32-17-31-21-10-12-22(38-29)13-11-21;/h2-13,16-18H,14-15H2,1H3,(H2,30,31,32);1H/b33-16+,34-27-;. The van der Waals surface area contributed by atoms with Gasteiger partial charge in [0, 0.05) is 29.2 Å². The lowest BCUT2D eigenvalue weighted by atomic mass is 10.1. The van der Waals surface area contributed by atoms with Crippen LogP contribution < -0.4 is 20.3 Å². The molecule has 0 spiro atoms. The van der Waals surface area contributed by atoms with Crippen molar-refractivity contribution >= 4 is 52.6 Å². The summed E-state index contributed by atoms with van der Waals surface area (Å²) in [6.07, 6.45) is 1.61. The highest BCUT2D eigenvalue weighted by atomic mass is 32.2. The first-order valence-corrected chi connectivity index (χ1v) is 12.7. The van der Waals surface area contributed by atoms with Crippen LogP contribution in [0.5, 0.6) is 11.5 Å². The first-order valence-electron chi connectivity index (χ1n) is 11.8. The molecule has 0 bridgehead atoms. The predicted octanol–water partition coefficient (Wildman–Crippen LogP) is 5.72. The summed E-state index contributed by atoms with van der Waals surface area (Å²) >= 11 is 1.37. The maximum Gasteiger partial charge on any atom is 0.235 e. The van der Waals surface area contributed by atoms with Crippen molar-refractivity contribution in [3.63, 3.8) is 0 Å². The van der Waals surface area contributed by atoms with Crippen LogP contribution in [0.3, 0.4) is 0 Å². The molecule has 208 valence electrons. The minimum atomic E-state index is -1.54. The average molecular weight is 571 g/mol. The summed E-state index contributed by atoms with van der Waals surface area (Å²) in [6, 6.07) is 19.9. The quantitative estimate of drug-likeness (QED) is 0.201. The Bertz CT molecular complexity index is 1410. The molecule has 4 rings (SSSR count). The lowest BCUT2D eigenvalue weighted by Crippen LogP contribution is -2.39. The number of aliphatic imine (C=N–C) groups is 2. The minimum absolute atomic E-state index is 0. The van der Waals surface area contributed by atoms with Crippen LogP contribution >= 0.6 is 11.8 Å². The van der Waals surface area contributed by atoms with Gasteiger partial charge in [-0.05, 0) is 42.0 Å². The molecule has 1 amide bonds. The van der Waals surface area contributed by atoms with Crippen molar-refractivity contribution < 1.29 is 28.1 Å². The largest absolute Gasteiger partial charge is 0.459 e. The van der Waals surface area contributed by atoms with Gasteiger partial charge in [0.2, 0.25) is 12.3 Å². The number of halogens is 3. The van der Waals surface area contributed by atoms with E-state index in [4.69, 9.17) is 10.5 Å². The number of amidine groups is 2. The Balaban J connectivity index is 0.00000441. The number of thioether (sulfide) groups is 1. The Morgan fingerprint density at radius 2 is 1.82 bits per heavy atom. The van der Waals surface area contributed by atoms with Crippen molar-refractivity contribution in [1.29, 1.82) is 0 Å². The molecule has 3 aromatic rings. The zero-order valence-electron chi connectivity index (χ0n) is 21.2. The van der Waals surface area contributed by atoms with Gasteiger partial charge in [0.1, 0.15) is 17.9 Å². The summed E-state index contributed by atoms with van der Waals surface area (Å²) < 4.78 is 30.9. The molecule has 2 N–H and O–H groups in total. The van der Waals surface area contributed by atoms with Crippen molar-refractivity contribution in [1.82, 2.24) is 0 Å². The van der Waals surface area contributed by atoms with Gasteiger partial charge in [-0.1, -0.05) is 48.2 Å². The lowest BCUT2D eigenvalue weighted by Gasteiger charge is -2.28. The third-order valence-corrected chi connectivity index (χ3v) is 6.20. The van der Waals surface area contributed by atoms with Crippen LogP contribution in [0, 0.1) is 0 Å². The zero-order chi connectivity index (χ0) is 27.6. The third kappa shape index (κ3) is 7.93. The molecule has 0 aromatic heterocycles. The van der Waals surface area contributed by atoms with E-state index < -0.39 is 6.36 Å². The average Bonchev–Trinajstić information content (AvgIpc) is 2.94. The highest BCUT2D eigenvalue weighted by Gasteiger charge is 2.29. The number of carbonyl (C=O) groups excluding carboxylic acids is 1. The van der Waals surface area contributed by atoms with Crippen molar-refractivity contribution in [2.24, 2.45) is 25.9 Å². The van der Waals surface area contributed by atoms with Gasteiger partial charge in [0.15, 0.2) is 10.9 Å². The smallest absolute Gasteiger partial charge is 0.235 e. The minimum Gasteiger partial charge on any atom is -0.459 e. The predicted molar refractivity (Wildman–Crippen MR) is 153 cm³/mol. The molecule has 1 saturated heterocycles. The van der Waals surface area contributed by atoms with Crippen LogP contribution in [0.2, 0.25) is 0 Å². The summed E-state index contributed by atoms with van der Waals surface area (Å²) in [7, 11) is 0. The number of benzene rings is 3. The van der Waals surface area contributed by atoms with Gasteiger partial charge in [0.25, 0.3) is 0 Å². The number of hydrogen-bond donors (Lipinski definition) is 1. The first kappa shape index (κ1) is 29.9. The van der Waals surface area contributed by atoms with Gasteiger partial charge in [-0.15, -0.1) is 5.10 Å². The van der Waals surface area contributed by atoms with Crippen molar-refractivity contribution in [3.8, 4) is 11.5 Å². The molecule has 1 fully saturated rings. The van der Waals surface area contributed by atoms with Gasteiger partial charge in [-0.3, -0.25) is 19.3 Å². The highest BCUT2D eigenvalue weighted by Crippen LogP contribution is 2.34. The van der Waals surface area contributed by atoms with E-state index in [1.807, 2.05) is 0 Å². The number of alkyl halides is 1. The van der Waals surface area contributed by atoms with Crippen molar-refractivity contribution in [2.45, 2.75) is 19.7 Å². The maximum absolute atomic E-state index is 13.5. The number of para-hydroxylation sites is 2. The molecule has 1 heterocycles. The van der Waals surface area contributed by atoms with E-state index >= 15 is 0 Å². The molecule has 1 atom stereocenters. The molecule has 3 aromatic carbocycles. The molecular weight excluding hydrogens is 545 g/mol. The monoisotopic (exact) mass is 570 g/mol. The van der Waals surface area contributed by atoms with Crippen LogP contribution in [0.1, 0.15) is 24.5 Å². The molecule has 13 heteroatoms. The van der Waals surface area contributed by atoms with Crippen LogP contribution in [0.25, 0.3) is 0 Å². The summed E-state index contributed by atoms with van der Waals surface area (Å²) in [6.45, 7) is 1.27. The molecular formula is C27H25F3N6O3S. The summed E-state index contributed by atoms with van der Waals surface area (Å²) in [4.78, 5) is 26.0. The van der Waals surface area contributed by atoms with Crippen LogP contribution in [-0.2, 0) is 4.79 Å². The van der Waals surface area contributed by atoms with E-state index in [1.165, 1.54) is 42.1 Å². The topological polar surface area (TPSA) is 114 Å².